The van der Waals surface area contributed by atoms with Gasteiger partial charge in [-0.15, -0.1) is 0 Å². The van der Waals surface area contributed by atoms with Crippen LogP contribution in [-0.4, -0.2) is 40.6 Å². The molecule has 0 saturated carbocycles. The van der Waals surface area contributed by atoms with Crippen molar-refractivity contribution in [2.75, 3.05) is 13.6 Å². The Morgan fingerprint density at radius 2 is 1.87 bits per heavy atom. The molecule has 6 nitrogen and oxygen atoms in total. The number of carboxylic acids is 1. The number of carboxylic acid groups (broad SMARTS) is 1. The average molecular weight is 321 g/mol. The Morgan fingerprint density at radius 3 is 2.30 bits per heavy atom. The zero-order valence-corrected chi connectivity index (χ0v) is 14.3. The number of nitrogens with zero attached hydrogens (tertiary/aromatic N) is 2. The predicted octanol–water partition coefficient (Wildman–Crippen LogP) is 2.35. The smallest absolute Gasteiger partial charge is 0.307 e. The fourth-order valence-corrected chi connectivity index (χ4v) is 2.51. The minimum atomic E-state index is -0.742. The van der Waals surface area contributed by atoms with Crippen molar-refractivity contribution in [2.45, 2.75) is 33.7 Å². The molecule has 0 aromatic heterocycles. The summed E-state index contributed by atoms with van der Waals surface area (Å²) in [7, 11) is 1.97. The molecule has 1 aromatic rings. The topological polar surface area (TPSA) is 99.2 Å². The number of amidine groups is 1. The minimum absolute atomic E-state index is 0.0828. The van der Waals surface area contributed by atoms with Crippen LogP contribution in [0, 0.1) is 11.3 Å². The SMILES string of the molecule is CN(CCC(C(=O)O)C(C)(C)C)Cc1ccc(/C(N)=N\O)cc1. The van der Waals surface area contributed by atoms with Gasteiger partial charge in [0.15, 0.2) is 5.84 Å². The summed E-state index contributed by atoms with van der Waals surface area (Å²) in [6.45, 7) is 7.29. The number of nitrogens with two attached hydrogens (primary N) is 1. The molecule has 0 heterocycles. The highest BCUT2D eigenvalue weighted by atomic mass is 16.4. The van der Waals surface area contributed by atoms with E-state index in [9.17, 15) is 9.90 Å². The number of aliphatic carboxylic acids is 1. The van der Waals surface area contributed by atoms with E-state index in [1.54, 1.807) is 12.1 Å². The molecule has 128 valence electrons. The van der Waals surface area contributed by atoms with E-state index in [1.807, 2.05) is 40.0 Å². The number of hydrogen-bond donors (Lipinski definition) is 3. The molecular weight excluding hydrogens is 294 g/mol. The number of rotatable bonds is 7. The van der Waals surface area contributed by atoms with Crippen LogP contribution < -0.4 is 5.73 Å². The van der Waals surface area contributed by atoms with Crippen molar-refractivity contribution in [3.8, 4) is 0 Å². The Morgan fingerprint density at radius 1 is 1.30 bits per heavy atom. The van der Waals surface area contributed by atoms with Crippen LogP contribution >= 0.6 is 0 Å². The van der Waals surface area contributed by atoms with E-state index in [1.165, 1.54) is 0 Å². The second kappa shape index (κ2) is 7.97. The molecule has 0 aliphatic heterocycles. The number of oxime groups is 1. The highest BCUT2D eigenvalue weighted by Gasteiger charge is 2.30. The zero-order chi connectivity index (χ0) is 17.6. The molecule has 1 atom stereocenters. The maximum absolute atomic E-state index is 11.4. The summed E-state index contributed by atoms with van der Waals surface area (Å²) < 4.78 is 0. The monoisotopic (exact) mass is 321 g/mol. The van der Waals surface area contributed by atoms with Gasteiger partial charge < -0.3 is 20.9 Å². The predicted molar refractivity (Wildman–Crippen MR) is 90.5 cm³/mol. The van der Waals surface area contributed by atoms with Crippen molar-refractivity contribution in [3.63, 3.8) is 0 Å². The van der Waals surface area contributed by atoms with Gasteiger partial charge in [0.1, 0.15) is 0 Å². The third-order valence-corrected chi connectivity index (χ3v) is 3.95. The quantitative estimate of drug-likeness (QED) is 0.310. The molecule has 1 rings (SSSR count). The lowest BCUT2D eigenvalue weighted by Gasteiger charge is -2.28. The van der Waals surface area contributed by atoms with E-state index in [0.717, 1.165) is 5.56 Å². The maximum atomic E-state index is 11.4. The molecule has 23 heavy (non-hydrogen) atoms. The van der Waals surface area contributed by atoms with Gasteiger partial charge in [0.25, 0.3) is 0 Å². The molecule has 1 unspecified atom stereocenters. The van der Waals surface area contributed by atoms with Gasteiger partial charge in [-0.25, -0.2) is 0 Å². The second-order valence-corrected chi connectivity index (χ2v) is 6.97. The van der Waals surface area contributed by atoms with E-state index in [2.05, 4.69) is 10.1 Å². The van der Waals surface area contributed by atoms with E-state index in [0.29, 0.717) is 25.1 Å². The summed E-state index contributed by atoms with van der Waals surface area (Å²) in [4.78, 5) is 13.5. The van der Waals surface area contributed by atoms with Gasteiger partial charge >= 0.3 is 5.97 Å². The summed E-state index contributed by atoms with van der Waals surface area (Å²) in [6.07, 6.45) is 0.609. The van der Waals surface area contributed by atoms with Crippen molar-refractivity contribution in [2.24, 2.45) is 22.2 Å². The number of carbonyl (C=O) groups is 1. The van der Waals surface area contributed by atoms with Crippen LogP contribution in [0.2, 0.25) is 0 Å². The van der Waals surface area contributed by atoms with Crippen LogP contribution in [0.4, 0.5) is 0 Å². The lowest BCUT2D eigenvalue weighted by molar-refractivity contribution is -0.145. The van der Waals surface area contributed by atoms with Crippen molar-refractivity contribution < 1.29 is 15.1 Å². The van der Waals surface area contributed by atoms with Crippen molar-refractivity contribution in [3.05, 3.63) is 35.4 Å². The van der Waals surface area contributed by atoms with Crippen LogP contribution in [-0.2, 0) is 11.3 Å². The van der Waals surface area contributed by atoms with Crippen LogP contribution in [0.1, 0.15) is 38.3 Å². The standard InChI is InChI=1S/C17H27N3O3/c1-17(2,3)14(16(21)22)9-10-20(4)11-12-5-7-13(8-6-12)15(18)19-23/h5-8,14,23H,9-11H2,1-4H3,(H2,18,19)(H,21,22). The first-order chi connectivity index (χ1) is 10.6. The Hall–Kier alpha value is -2.08. The van der Waals surface area contributed by atoms with Gasteiger partial charge in [-0.3, -0.25) is 4.79 Å². The number of hydrogen-bond acceptors (Lipinski definition) is 4. The normalized spacial score (nSPS) is 14.0. The second-order valence-electron chi connectivity index (χ2n) is 6.97. The van der Waals surface area contributed by atoms with Crippen LogP contribution in [0.25, 0.3) is 0 Å². The lowest BCUT2D eigenvalue weighted by atomic mass is 9.79. The first-order valence-corrected chi connectivity index (χ1v) is 7.63. The van der Waals surface area contributed by atoms with Gasteiger partial charge in [0, 0.05) is 12.1 Å². The van der Waals surface area contributed by atoms with Crippen LogP contribution in [0.3, 0.4) is 0 Å². The number of benzene rings is 1. The largest absolute Gasteiger partial charge is 0.481 e. The molecule has 0 bridgehead atoms. The van der Waals surface area contributed by atoms with Crippen molar-refractivity contribution in [1.82, 2.24) is 4.90 Å². The Kier molecular flexibility index (Phi) is 6.57. The Bertz CT molecular complexity index is 547. The van der Waals surface area contributed by atoms with E-state index < -0.39 is 5.97 Å². The highest BCUT2D eigenvalue weighted by Crippen LogP contribution is 2.29. The zero-order valence-electron chi connectivity index (χ0n) is 14.3. The summed E-state index contributed by atoms with van der Waals surface area (Å²) >= 11 is 0. The third-order valence-electron chi connectivity index (χ3n) is 3.95. The van der Waals surface area contributed by atoms with E-state index in [-0.39, 0.29) is 17.2 Å². The van der Waals surface area contributed by atoms with Gasteiger partial charge in [0.2, 0.25) is 0 Å². The van der Waals surface area contributed by atoms with Gasteiger partial charge in [-0.2, -0.15) is 0 Å². The molecule has 0 saturated heterocycles. The fourth-order valence-electron chi connectivity index (χ4n) is 2.51. The Labute approximate surface area is 137 Å². The van der Waals surface area contributed by atoms with E-state index in [4.69, 9.17) is 10.9 Å². The molecule has 1 aromatic carbocycles. The third kappa shape index (κ3) is 5.90. The summed E-state index contributed by atoms with van der Waals surface area (Å²) in [6, 6.07) is 7.44. The molecule has 0 aliphatic carbocycles. The minimum Gasteiger partial charge on any atom is -0.481 e. The molecule has 0 spiro atoms. The van der Waals surface area contributed by atoms with Gasteiger partial charge in [-0.05, 0) is 31.0 Å². The van der Waals surface area contributed by atoms with Crippen LogP contribution in [0.5, 0.6) is 0 Å². The molecular formula is C17H27N3O3. The first-order valence-electron chi connectivity index (χ1n) is 7.63. The average Bonchev–Trinajstić information content (AvgIpc) is 2.45. The first kappa shape index (κ1) is 19.0. The lowest BCUT2D eigenvalue weighted by Crippen LogP contribution is -2.32. The molecule has 0 amide bonds. The molecule has 4 N–H and O–H groups in total. The van der Waals surface area contributed by atoms with Crippen molar-refractivity contribution in [1.29, 1.82) is 0 Å². The van der Waals surface area contributed by atoms with Crippen LogP contribution in [0.15, 0.2) is 29.4 Å². The molecule has 6 heteroatoms. The Balaban J connectivity index is 2.59. The van der Waals surface area contributed by atoms with Crippen molar-refractivity contribution >= 4 is 11.8 Å². The fraction of sp³-hybridized carbons (Fsp3) is 0.529. The van der Waals surface area contributed by atoms with Gasteiger partial charge in [-0.1, -0.05) is 50.2 Å². The summed E-state index contributed by atoms with van der Waals surface area (Å²) in [5.74, 6) is -1.03. The highest BCUT2D eigenvalue weighted by molar-refractivity contribution is 5.96. The molecule has 0 fully saturated rings. The van der Waals surface area contributed by atoms with Gasteiger partial charge in [0.05, 0.1) is 5.92 Å². The molecule has 0 aliphatic rings. The summed E-state index contributed by atoms with van der Waals surface area (Å²) in [5.41, 5.74) is 7.03. The maximum Gasteiger partial charge on any atom is 0.307 e. The van der Waals surface area contributed by atoms with E-state index >= 15 is 0 Å². The summed E-state index contributed by atoms with van der Waals surface area (Å²) in [5, 5.41) is 21.0. The molecule has 0 radical (unpaired) electrons.